The summed E-state index contributed by atoms with van der Waals surface area (Å²) in [5.41, 5.74) is 1.48. The van der Waals surface area contributed by atoms with Crippen LogP contribution in [0.15, 0.2) is 27.1 Å². The molecule has 1 aromatic carbocycles. The second-order valence-electron chi connectivity index (χ2n) is 2.40. The summed E-state index contributed by atoms with van der Waals surface area (Å²) in [7, 11) is 0. The van der Waals surface area contributed by atoms with E-state index in [2.05, 4.69) is 31.9 Å². The Kier molecular flexibility index (Phi) is 4.37. The third-order valence-electron chi connectivity index (χ3n) is 1.38. The van der Waals surface area contributed by atoms with Crippen LogP contribution in [0.2, 0.25) is 0 Å². The lowest BCUT2D eigenvalue weighted by Gasteiger charge is -2.06. The van der Waals surface area contributed by atoms with Gasteiger partial charge >= 0.3 is 0 Å². The number of halogens is 2. The number of carbonyl (C=O) groups excluding carboxylic acids is 1. The van der Waals surface area contributed by atoms with Crippen LogP contribution < -0.4 is 10.2 Å². The van der Waals surface area contributed by atoms with E-state index < -0.39 is 5.91 Å². The molecule has 1 amide bonds. The number of hydroxylamine groups is 1. The van der Waals surface area contributed by atoms with Gasteiger partial charge in [-0.1, -0.05) is 15.9 Å². The maximum absolute atomic E-state index is 10.7. The topological polar surface area (TPSA) is 58.6 Å². The average molecular weight is 325 g/mol. The molecule has 76 valence electrons. The number of hydrogen-bond donors (Lipinski definition) is 2. The van der Waals surface area contributed by atoms with Crippen molar-refractivity contribution >= 4 is 37.8 Å². The maximum atomic E-state index is 10.7. The predicted molar refractivity (Wildman–Crippen MR) is 57.3 cm³/mol. The Balaban J connectivity index is 2.63. The minimum atomic E-state index is -0.597. The third-order valence-corrected chi connectivity index (χ3v) is 2.49. The van der Waals surface area contributed by atoms with Gasteiger partial charge in [-0.25, -0.2) is 5.48 Å². The lowest BCUT2D eigenvalue weighted by atomic mass is 10.3. The van der Waals surface area contributed by atoms with Crippen LogP contribution in [0.1, 0.15) is 0 Å². The molecule has 0 aromatic heterocycles. The van der Waals surface area contributed by atoms with Crippen LogP contribution in [0.5, 0.6) is 5.75 Å². The fourth-order valence-corrected chi connectivity index (χ4v) is 1.93. The highest BCUT2D eigenvalue weighted by Gasteiger charge is 2.04. The molecule has 14 heavy (non-hydrogen) atoms. The van der Waals surface area contributed by atoms with Crippen LogP contribution in [0.4, 0.5) is 0 Å². The Morgan fingerprint density at radius 2 is 2.21 bits per heavy atom. The van der Waals surface area contributed by atoms with Gasteiger partial charge in [0.05, 0.1) is 4.47 Å². The normalized spacial score (nSPS) is 9.64. The Morgan fingerprint density at radius 3 is 2.79 bits per heavy atom. The van der Waals surface area contributed by atoms with E-state index in [1.54, 1.807) is 18.2 Å². The van der Waals surface area contributed by atoms with Gasteiger partial charge in [0.15, 0.2) is 6.61 Å². The van der Waals surface area contributed by atoms with Gasteiger partial charge in [-0.3, -0.25) is 10.0 Å². The van der Waals surface area contributed by atoms with E-state index >= 15 is 0 Å². The number of carbonyl (C=O) groups is 1. The number of amides is 1. The summed E-state index contributed by atoms with van der Waals surface area (Å²) in [6.45, 7) is -0.225. The van der Waals surface area contributed by atoms with Crippen molar-refractivity contribution in [1.29, 1.82) is 0 Å². The second kappa shape index (κ2) is 5.33. The average Bonchev–Trinajstić information content (AvgIpc) is 2.16. The van der Waals surface area contributed by atoms with Crippen LogP contribution in [-0.4, -0.2) is 17.7 Å². The van der Waals surface area contributed by atoms with Crippen molar-refractivity contribution in [2.75, 3.05) is 6.61 Å². The van der Waals surface area contributed by atoms with Crippen LogP contribution in [-0.2, 0) is 4.79 Å². The van der Waals surface area contributed by atoms with Gasteiger partial charge < -0.3 is 4.74 Å². The molecular formula is C8H7Br2NO3. The Hall–Kier alpha value is -0.590. The first kappa shape index (κ1) is 11.5. The smallest absolute Gasteiger partial charge is 0.281 e. The molecule has 6 heteroatoms. The largest absolute Gasteiger partial charge is 0.483 e. The Morgan fingerprint density at radius 1 is 1.50 bits per heavy atom. The highest BCUT2D eigenvalue weighted by atomic mass is 79.9. The van der Waals surface area contributed by atoms with Gasteiger partial charge in [-0.2, -0.15) is 0 Å². The molecule has 1 aromatic rings. The molecule has 0 atom stereocenters. The van der Waals surface area contributed by atoms with Crippen molar-refractivity contribution in [3.05, 3.63) is 27.1 Å². The summed E-state index contributed by atoms with van der Waals surface area (Å²) in [5, 5.41) is 8.23. The number of benzene rings is 1. The zero-order valence-corrected chi connectivity index (χ0v) is 10.1. The number of rotatable bonds is 3. The van der Waals surface area contributed by atoms with Crippen molar-refractivity contribution in [2.24, 2.45) is 0 Å². The van der Waals surface area contributed by atoms with Crippen LogP contribution >= 0.6 is 31.9 Å². The molecule has 0 fully saturated rings. The van der Waals surface area contributed by atoms with Gasteiger partial charge in [-0.05, 0) is 34.1 Å². The molecule has 2 N–H and O–H groups in total. The van der Waals surface area contributed by atoms with Gasteiger partial charge in [0, 0.05) is 4.47 Å². The van der Waals surface area contributed by atoms with E-state index in [1.165, 1.54) is 5.48 Å². The highest BCUT2D eigenvalue weighted by Crippen LogP contribution is 2.27. The van der Waals surface area contributed by atoms with E-state index in [9.17, 15) is 4.79 Å². The van der Waals surface area contributed by atoms with Crippen molar-refractivity contribution < 1.29 is 14.7 Å². The zero-order valence-electron chi connectivity index (χ0n) is 6.96. The summed E-state index contributed by atoms with van der Waals surface area (Å²) >= 11 is 6.56. The molecule has 0 aliphatic rings. The molecular weight excluding hydrogens is 318 g/mol. The summed E-state index contributed by atoms with van der Waals surface area (Å²) in [4.78, 5) is 10.7. The molecule has 0 saturated carbocycles. The molecule has 0 unspecified atom stereocenters. The molecule has 0 aliphatic carbocycles. The molecule has 0 bridgehead atoms. The van der Waals surface area contributed by atoms with E-state index in [1.807, 2.05) is 0 Å². The molecule has 0 aliphatic heterocycles. The molecule has 0 saturated heterocycles. The monoisotopic (exact) mass is 323 g/mol. The fourth-order valence-electron chi connectivity index (χ4n) is 0.768. The molecule has 0 heterocycles. The lowest BCUT2D eigenvalue weighted by Crippen LogP contribution is -2.25. The van der Waals surface area contributed by atoms with Gasteiger partial charge in [0.2, 0.25) is 0 Å². The first-order valence-electron chi connectivity index (χ1n) is 3.64. The minimum Gasteiger partial charge on any atom is -0.483 e. The Bertz CT molecular complexity index is 343. The van der Waals surface area contributed by atoms with Crippen LogP contribution in [0.3, 0.4) is 0 Å². The van der Waals surface area contributed by atoms with E-state index in [4.69, 9.17) is 9.94 Å². The molecule has 4 nitrogen and oxygen atoms in total. The van der Waals surface area contributed by atoms with Crippen molar-refractivity contribution in [1.82, 2.24) is 5.48 Å². The summed E-state index contributed by atoms with van der Waals surface area (Å²) < 4.78 is 6.74. The summed E-state index contributed by atoms with van der Waals surface area (Å²) in [6.07, 6.45) is 0. The molecule has 0 spiro atoms. The van der Waals surface area contributed by atoms with Gasteiger partial charge in [0.1, 0.15) is 5.75 Å². The number of nitrogens with one attached hydrogen (secondary N) is 1. The van der Waals surface area contributed by atoms with Crippen molar-refractivity contribution in [3.8, 4) is 5.75 Å². The van der Waals surface area contributed by atoms with E-state index in [0.29, 0.717) is 5.75 Å². The highest BCUT2D eigenvalue weighted by molar-refractivity contribution is 9.11. The second-order valence-corrected chi connectivity index (χ2v) is 4.17. The zero-order chi connectivity index (χ0) is 10.6. The first-order valence-corrected chi connectivity index (χ1v) is 5.23. The molecule has 1 rings (SSSR count). The molecule has 0 radical (unpaired) electrons. The standard InChI is InChI=1S/C8H7Br2NO3/c9-5-1-2-7(6(10)3-5)14-4-8(12)11-13/h1-3,13H,4H2,(H,11,12). The van der Waals surface area contributed by atoms with Gasteiger partial charge in [-0.15, -0.1) is 0 Å². The quantitative estimate of drug-likeness (QED) is 0.661. The maximum Gasteiger partial charge on any atom is 0.281 e. The van der Waals surface area contributed by atoms with Crippen molar-refractivity contribution in [2.45, 2.75) is 0 Å². The van der Waals surface area contributed by atoms with Gasteiger partial charge in [0.25, 0.3) is 5.91 Å². The number of ether oxygens (including phenoxy) is 1. The summed E-state index contributed by atoms with van der Waals surface area (Å²) in [6, 6.07) is 5.29. The van der Waals surface area contributed by atoms with E-state index in [-0.39, 0.29) is 6.61 Å². The Labute approximate surface area is 97.5 Å². The minimum absolute atomic E-state index is 0.225. The first-order chi connectivity index (χ1) is 6.63. The lowest BCUT2D eigenvalue weighted by molar-refractivity contribution is -0.131. The SMILES string of the molecule is O=C(COc1ccc(Br)cc1Br)NO. The van der Waals surface area contributed by atoms with Crippen molar-refractivity contribution in [3.63, 3.8) is 0 Å². The van der Waals surface area contributed by atoms with Crippen LogP contribution in [0.25, 0.3) is 0 Å². The fraction of sp³-hybridized carbons (Fsp3) is 0.125. The third kappa shape index (κ3) is 3.28. The summed E-state index contributed by atoms with van der Waals surface area (Å²) in [5.74, 6) is -0.0587. The van der Waals surface area contributed by atoms with E-state index in [0.717, 1.165) is 8.95 Å². The van der Waals surface area contributed by atoms with Crippen LogP contribution in [0, 0.1) is 0 Å². The predicted octanol–water partition coefficient (Wildman–Crippen LogP) is 2.10. The number of hydrogen-bond acceptors (Lipinski definition) is 3.